The highest BCUT2D eigenvalue weighted by molar-refractivity contribution is 6.26. The van der Waals surface area contributed by atoms with E-state index in [1.54, 1.807) is 13.0 Å². The summed E-state index contributed by atoms with van der Waals surface area (Å²) in [6.07, 6.45) is 0.434. The van der Waals surface area contributed by atoms with E-state index < -0.39 is 52.0 Å². The number of esters is 1. The van der Waals surface area contributed by atoms with Gasteiger partial charge in [0, 0.05) is 18.7 Å². The smallest absolute Gasteiger partial charge is 0.411 e. The number of benzene rings is 1. The van der Waals surface area contributed by atoms with Crippen LogP contribution in [0.25, 0.3) is 16.7 Å². The van der Waals surface area contributed by atoms with Crippen LogP contribution in [0, 0.1) is 12.8 Å². The fraction of sp³-hybridized carbons (Fsp3) is 0.304. The molecule has 2 unspecified atom stereocenters. The monoisotopic (exact) mass is 524 g/mol. The average Bonchev–Trinajstić information content (AvgIpc) is 3.15. The standard InChI is InChI=1S/C23H20ClF3N4O5/c1-3-36-19(33)14-11-30(17-9-16-15(8-12(17)2)28-20(34)29-16)21(35)31(18(14)32)10-13-6-4-5-7-22(13,24)23(25,26)27/h4-9,11,13H,3,10H2,1-2H3,(H2,28,29,34). The summed E-state index contributed by atoms with van der Waals surface area (Å²) in [5.74, 6) is -2.59. The van der Waals surface area contributed by atoms with Gasteiger partial charge in [-0.05, 0) is 31.5 Å². The van der Waals surface area contributed by atoms with Gasteiger partial charge in [-0.2, -0.15) is 13.2 Å². The molecule has 0 spiro atoms. The molecule has 2 N–H and O–H groups in total. The van der Waals surface area contributed by atoms with E-state index in [1.807, 2.05) is 0 Å². The predicted molar refractivity (Wildman–Crippen MR) is 126 cm³/mol. The van der Waals surface area contributed by atoms with Crippen LogP contribution >= 0.6 is 11.6 Å². The Balaban J connectivity index is 1.95. The van der Waals surface area contributed by atoms with Gasteiger partial charge >= 0.3 is 23.5 Å². The van der Waals surface area contributed by atoms with Crippen molar-refractivity contribution < 1.29 is 22.7 Å². The number of aromatic amines is 2. The molecule has 0 fully saturated rings. The number of alkyl halides is 4. The number of ether oxygens (including phenoxy) is 1. The summed E-state index contributed by atoms with van der Waals surface area (Å²) in [5.41, 5.74) is -1.72. The van der Waals surface area contributed by atoms with Gasteiger partial charge in [0.25, 0.3) is 5.56 Å². The second-order valence-corrected chi connectivity index (χ2v) is 8.84. The van der Waals surface area contributed by atoms with Crippen LogP contribution in [0.1, 0.15) is 22.8 Å². The molecule has 190 valence electrons. The van der Waals surface area contributed by atoms with E-state index in [0.717, 1.165) is 29.0 Å². The number of fused-ring (bicyclic) bond motifs is 1. The maximum atomic E-state index is 13.8. The Kier molecular flexibility index (Phi) is 6.33. The normalized spacial score (nSPS) is 19.7. The maximum Gasteiger partial charge on any atom is 0.411 e. The quantitative estimate of drug-likeness (QED) is 0.393. The second-order valence-electron chi connectivity index (χ2n) is 8.21. The highest BCUT2D eigenvalue weighted by Crippen LogP contribution is 2.45. The van der Waals surface area contributed by atoms with Crippen LogP contribution in [0.2, 0.25) is 0 Å². The van der Waals surface area contributed by atoms with Crippen molar-refractivity contribution in [1.82, 2.24) is 19.1 Å². The van der Waals surface area contributed by atoms with Crippen LogP contribution < -0.4 is 16.9 Å². The van der Waals surface area contributed by atoms with E-state index in [1.165, 1.54) is 19.1 Å². The number of H-pyrrole nitrogens is 2. The zero-order valence-corrected chi connectivity index (χ0v) is 19.7. The zero-order valence-electron chi connectivity index (χ0n) is 19.0. The minimum Gasteiger partial charge on any atom is -0.462 e. The van der Waals surface area contributed by atoms with Crippen LogP contribution in [-0.2, 0) is 11.3 Å². The zero-order chi connectivity index (χ0) is 26.4. The van der Waals surface area contributed by atoms with Crippen LogP contribution in [0.5, 0.6) is 0 Å². The molecule has 0 radical (unpaired) electrons. The lowest BCUT2D eigenvalue weighted by Gasteiger charge is -2.34. The van der Waals surface area contributed by atoms with Crippen molar-refractivity contribution in [3.8, 4) is 5.69 Å². The Hall–Kier alpha value is -3.80. The summed E-state index contributed by atoms with van der Waals surface area (Å²) < 4.78 is 47.9. The summed E-state index contributed by atoms with van der Waals surface area (Å²) in [5, 5.41) is 0. The molecule has 0 aliphatic heterocycles. The average molecular weight is 525 g/mol. The molecule has 1 aliphatic carbocycles. The number of halogens is 4. The Bertz CT molecular complexity index is 1590. The Labute approximate surface area is 205 Å². The number of aromatic nitrogens is 4. The fourth-order valence-electron chi connectivity index (χ4n) is 4.08. The molecule has 0 saturated heterocycles. The number of imidazole rings is 1. The van der Waals surface area contributed by atoms with Crippen LogP contribution in [0.4, 0.5) is 13.2 Å². The first-order valence-electron chi connectivity index (χ1n) is 10.8. The summed E-state index contributed by atoms with van der Waals surface area (Å²) in [4.78, 5) is 53.1. The molecule has 1 aromatic carbocycles. The molecule has 0 amide bonds. The molecule has 3 aromatic rings. The highest BCUT2D eigenvalue weighted by Gasteiger charge is 2.56. The SMILES string of the molecule is CCOC(=O)c1cn(-c2cc3[nH]c(=O)[nH]c3cc2C)c(=O)n(CC2C=CC=CC2(Cl)C(F)(F)F)c1=O. The number of hydrogen-bond donors (Lipinski definition) is 2. The van der Waals surface area contributed by atoms with Crippen LogP contribution in [0.3, 0.4) is 0 Å². The lowest BCUT2D eigenvalue weighted by Crippen LogP contribution is -2.50. The predicted octanol–water partition coefficient (Wildman–Crippen LogP) is 2.94. The Morgan fingerprint density at radius 3 is 2.47 bits per heavy atom. The molecule has 2 atom stereocenters. The first kappa shape index (κ1) is 25.3. The molecule has 2 aromatic heterocycles. The third-order valence-corrected chi connectivity index (χ3v) is 6.53. The number of hydrogen-bond acceptors (Lipinski definition) is 5. The van der Waals surface area contributed by atoms with E-state index in [4.69, 9.17) is 16.3 Å². The molecule has 2 heterocycles. The van der Waals surface area contributed by atoms with Gasteiger partial charge in [-0.3, -0.25) is 13.9 Å². The van der Waals surface area contributed by atoms with E-state index >= 15 is 0 Å². The minimum atomic E-state index is -4.90. The van der Waals surface area contributed by atoms with Gasteiger partial charge in [-0.25, -0.2) is 14.4 Å². The number of rotatable bonds is 5. The van der Waals surface area contributed by atoms with E-state index in [-0.39, 0.29) is 12.3 Å². The van der Waals surface area contributed by atoms with Crippen molar-refractivity contribution in [3.05, 3.63) is 85.1 Å². The molecular weight excluding hydrogens is 505 g/mol. The Morgan fingerprint density at radius 2 is 1.83 bits per heavy atom. The lowest BCUT2D eigenvalue weighted by atomic mass is 9.86. The van der Waals surface area contributed by atoms with Gasteiger partial charge < -0.3 is 14.7 Å². The molecule has 1 aliphatic rings. The second kappa shape index (κ2) is 9.01. The van der Waals surface area contributed by atoms with Gasteiger partial charge in [-0.1, -0.05) is 24.3 Å². The van der Waals surface area contributed by atoms with Crippen molar-refractivity contribution in [2.24, 2.45) is 5.92 Å². The Morgan fingerprint density at radius 1 is 1.17 bits per heavy atom. The lowest BCUT2D eigenvalue weighted by molar-refractivity contribution is -0.159. The van der Waals surface area contributed by atoms with E-state index in [9.17, 15) is 32.3 Å². The molecule has 13 heteroatoms. The van der Waals surface area contributed by atoms with Crippen molar-refractivity contribution in [2.75, 3.05) is 6.61 Å². The largest absolute Gasteiger partial charge is 0.462 e. The molecule has 0 saturated carbocycles. The van der Waals surface area contributed by atoms with Crippen molar-refractivity contribution in [3.63, 3.8) is 0 Å². The number of nitrogens with zero attached hydrogens (tertiary/aromatic N) is 2. The van der Waals surface area contributed by atoms with Crippen molar-refractivity contribution >= 4 is 28.6 Å². The van der Waals surface area contributed by atoms with Crippen LogP contribution in [0.15, 0.2) is 57.0 Å². The third kappa shape index (κ3) is 4.21. The van der Waals surface area contributed by atoms with Gasteiger partial charge in [0.1, 0.15) is 5.56 Å². The first-order valence-corrected chi connectivity index (χ1v) is 11.1. The number of carbonyl (C=O) groups is 1. The van der Waals surface area contributed by atoms with E-state index in [2.05, 4.69) is 9.97 Å². The summed E-state index contributed by atoms with van der Waals surface area (Å²) in [7, 11) is 0. The molecule has 9 nitrogen and oxygen atoms in total. The van der Waals surface area contributed by atoms with Gasteiger partial charge in [0.15, 0.2) is 4.87 Å². The van der Waals surface area contributed by atoms with Crippen molar-refractivity contribution in [2.45, 2.75) is 31.4 Å². The van der Waals surface area contributed by atoms with E-state index in [0.29, 0.717) is 21.2 Å². The fourth-order valence-corrected chi connectivity index (χ4v) is 4.29. The molecular formula is C23H20ClF3N4O5. The summed E-state index contributed by atoms with van der Waals surface area (Å²) in [6, 6.07) is 3.01. The minimum absolute atomic E-state index is 0.0814. The van der Waals surface area contributed by atoms with Crippen LogP contribution in [-0.4, -0.2) is 42.7 Å². The first-order chi connectivity index (χ1) is 16.9. The van der Waals surface area contributed by atoms with Gasteiger partial charge in [0.2, 0.25) is 0 Å². The molecule has 4 rings (SSSR count). The maximum absolute atomic E-state index is 13.8. The topological polar surface area (TPSA) is 119 Å². The summed E-state index contributed by atoms with van der Waals surface area (Å²) in [6.45, 7) is 2.28. The highest BCUT2D eigenvalue weighted by atomic mass is 35.5. The van der Waals surface area contributed by atoms with Crippen molar-refractivity contribution in [1.29, 1.82) is 0 Å². The molecule has 0 bridgehead atoms. The number of aryl methyl sites for hydroxylation is 1. The number of allylic oxidation sites excluding steroid dienone is 4. The van der Waals surface area contributed by atoms with Gasteiger partial charge in [0.05, 0.1) is 23.3 Å². The molecule has 36 heavy (non-hydrogen) atoms. The number of carbonyl (C=O) groups excluding carboxylic acids is 1. The third-order valence-electron chi connectivity index (χ3n) is 5.90. The van der Waals surface area contributed by atoms with Gasteiger partial charge in [-0.15, -0.1) is 11.6 Å². The summed E-state index contributed by atoms with van der Waals surface area (Å²) >= 11 is 5.96. The number of nitrogens with one attached hydrogen (secondary N) is 2.